The van der Waals surface area contributed by atoms with Gasteiger partial charge in [-0.3, -0.25) is 9.48 Å². The van der Waals surface area contributed by atoms with Crippen LogP contribution in [0.3, 0.4) is 0 Å². The first-order valence-corrected chi connectivity index (χ1v) is 6.65. The molecule has 1 amide bonds. The van der Waals surface area contributed by atoms with Crippen molar-refractivity contribution < 1.29 is 4.79 Å². The van der Waals surface area contributed by atoms with Crippen molar-refractivity contribution >= 4 is 11.6 Å². The Morgan fingerprint density at radius 2 is 2.25 bits per heavy atom. The van der Waals surface area contributed by atoms with Crippen LogP contribution in [-0.2, 0) is 13.0 Å². The summed E-state index contributed by atoms with van der Waals surface area (Å²) in [6.45, 7) is 5.04. The number of carbonyl (C=O) groups excluding carboxylic acids is 1. The first-order chi connectivity index (χ1) is 9.65. The fourth-order valence-electron chi connectivity index (χ4n) is 2.02. The second kappa shape index (κ2) is 6.29. The smallest absolute Gasteiger partial charge is 0.277 e. The molecular weight excluding hydrogens is 254 g/mol. The summed E-state index contributed by atoms with van der Waals surface area (Å²) in [5.74, 6) is -0.253. The minimum Gasteiger partial charge on any atom is -0.329 e. The quantitative estimate of drug-likeness (QED) is 0.861. The molecule has 106 valence electrons. The van der Waals surface area contributed by atoms with E-state index < -0.39 is 0 Å². The molecule has 0 fully saturated rings. The van der Waals surface area contributed by atoms with Crippen molar-refractivity contribution in [2.24, 2.45) is 5.73 Å². The van der Waals surface area contributed by atoms with Gasteiger partial charge in [0.2, 0.25) is 0 Å². The zero-order valence-electron chi connectivity index (χ0n) is 11.8. The first kappa shape index (κ1) is 14.2. The zero-order valence-corrected chi connectivity index (χ0v) is 11.8. The minimum atomic E-state index is -0.253. The molecule has 0 radical (unpaired) electrons. The molecule has 2 aromatic rings. The number of rotatable bonds is 5. The molecular formula is C14H19N5O. The largest absolute Gasteiger partial charge is 0.329 e. The van der Waals surface area contributed by atoms with E-state index in [4.69, 9.17) is 5.73 Å². The number of anilines is 1. The standard InChI is InChI=1S/C14H19N5O/c1-3-11-6-4-5-10(2)13(11)16-14(20)12-9-19(8-7-15)18-17-12/h4-6,9H,3,7-8,15H2,1-2H3,(H,16,20). The van der Waals surface area contributed by atoms with E-state index in [-0.39, 0.29) is 5.91 Å². The molecule has 6 heteroatoms. The molecule has 2 rings (SSSR count). The van der Waals surface area contributed by atoms with Crippen LogP contribution in [-0.4, -0.2) is 27.4 Å². The molecule has 20 heavy (non-hydrogen) atoms. The van der Waals surface area contributed by atoms with Crippen LogP contribution in [0.2, 0.25) is 0 Å². The number of nitrogens with zero attached hydrogens (tertiary/aromatic N) is 3. The molecule has 1 heterocycles. The number of hydrogen-bond acceptors (Lipinski definition) is 4. The van der Waals surface area contributed by atoms with Gasteiger partial charge in [-0.2, -0.15) is 0 Å². The van der Waals surface area contributed by atoms with Crippen molar-refractivity contribution in [2.75, 3.05) is 11.9 Å². The van der Waals surface area contributed by atoms with E-state index in [9.17, 15) is 4.79 Å². The molecule has 1 aromatic heterocycles. The van der Waals surface area contributed by atoms with E-state index in [0.29, 0.717) is 18.8 Å². The fourth-order valence-corrected chi connectivity index (χ4v) is 2.02. The van der Waals surface area contributed by atoms with Crippen molar-refractivity contribution in [1.82, 2.24) is 15.0 Å². The van der Waals surface area contributed by atoms with E-state index in [1.54, 1.807) is 10.9 Å². The lowest BCUT2D eigenvalue weighted by Gasteiger charge is -2.11. The predicted octanol–water partition coefficient (Wildman–Crippen LogP) is 1.36. The van der Waals surface area contributed by atoms with Crippen LogP contribution in [0, 0.1) is 6.92 Å². The number of aromatic nitrogens is 3. The Kier molecular flexibility index (Phi) is 4.47. The molecule has 0 aliphatic heterocycles. The lowest BCUT2D eigenvalue weighted by atomic mass is 10.1. The van der Waals surface area contributed by atoms with Gasteiger partial charge in [-0.25, -0.2) is 0 Å². The highest BCUT2D eigenvalue weighted by molar-refractivity contribution is 6.03. The zero-order chi connectivity index (χ0) is 14.5. The summed E-state index contributed by atoms with van der Waals surface area (Å²) in [5, 5.41) is 10.6. The Labute approximate surface area is 118 Å². The second-order valence-corrected chi connectivity index (χ2v) is 4.57. The van der Waals surface area contributed by atoms with E-state index in [1.165, 1.54) is 0 Å². The number of nitrogens with one attached hydrogen (secondary N) is 1. The summed E-state index contributed by atoms with van der Waals surface area (Å²) < 4.78 is 1.56. The van der Waals surface area contributed by atoms with Gasteiger partial charge in [0, 0.05) is 12.2 Å². The topological polar surface area (TPSA) is 85.8 Å². The highest BCUT2D eigenvalue weighted by atomic mass is 16.2. The van der Waals surface area contributed by atoms with Crippen molar-refractivity contribution in [3.8, 4) is 0 Å². The van der Waals surface area contributed by atoms with Crippen molar-refractivity contribution in [3.05, 3.63) is 41.2 Å². The molecule has 0 saturated carbocycles. The SMILES string of the molecule is CCc1cccc(C)c1NC(=O)c1cn(CCN)nn1. The molecule has 0 aliphatic rings. The normalized spacial score (nSPS) is 10.6. The van der Waals surface area contributed by atoms with E-state index in [0.717, 1.165) is 23.2 Å². The summed E-state index contributed by atoms with van der Waals surface area (Å²) in [7, 11) is 0. The Bertz CT molecular complexity index is 605. The molecule has 0 bridgehead atoms. The van der Waals surface area contributed by atoms with Crippen LogP contribution in [0.25, 0.3) is 0 Å². The van der Waals surface area contributed by atoms with Crippen LogP contribution < -0.4 is 11.1 Å². The maximum absolute atomic E-state index is 12.2. The highest BCUT2D eigenvalue weighted by Crippen LogP contribution is 2.21. The van der Waals surface area contributed by atoms with E-state index >= 15 is 0 Å². The number of nitrogens with two attached hydrogens (primary N) is 1. The van der Waals surface area contributed by atoms with Gasteiger partial charge < -0.3 is 11.1 Å². The number of para-hydroxylation sites is 1. The number of carbonyl (C=O) groups is 1. The Morgan fingerprint density at radius 3 is 2.95 bits per heavy atom. The predicted molar refractivity (Wildman–Crippen MR) is 77.6 cm³/mol. The van der Waals surface area contributed by atoms with Gasteiger partial charge in [-0.15, -0.1) is 5.10 Å². The third kappa shape index (κ3) is 3.03. The summed E-state index contributed by atoms with van der Waals surface area (Å²) in [6.07, 6.45) is 2.46. The second-order valence-electron chi connectivity index (χ2n) is 4.57. The van der Waals surface area contributed by atoms with Gasteiger partial charge in [0.25, 0.3) is 5.91 Å². The van der Waals surface area contributed by atoms with Crippen LogP contribution in [0.1, 0.15) is 28.5 Å². The number of amides is 1. The maximum atomic E-state index is 12.2. The minimum absolute atomic E-state index is 0.253. The molecule has 1 aromatic carbocycles. The fraction of sp³-hybridized carbons (Fsp3) is 0.357. The first-order valence-electron chi connectivity index (χ1n) is 6.65. The Hall–Kier alpha value is -2.21. The van der Waals surface area contributed by atoms with Gasteiger partial charge in [-0.1, -0.05) is 30.3 Å². The van der Waals surface area contributed by atoms with Crippen LogP contribution in [0.4, 0.5) is 5.69 Å². The molecule has 0 atom stereocenters. The third-order valence-electron chi connectivity index (χ3n) is 3.11. The molecule has 6 nitrogen and oxygen atoms in total. The number of benzene rings is 1. The number of hydrogen-bond donors (Lipinski definition) is 2. The van der Waals surface area contributed by atoms with Crippen LogP contribution >= 0.6 is 0 Å². The molecule has 0 unspecified atom stereocenters. The van der Waals surface area contributed by atoms with Crippen molar-refractivity contribution in [1.29, 1.82) is 0 Å². The van der Waals surface area contributed by atoms with E-state index in [2.05, 4.69) is 22.6 Å². The van der Waals surface area contributed by atoms with Crippen LogP contribution in [0.5, 0.6) is 0 Å². The molecule has 0 spiro atoms. The van der Waals surface area contributed by atoms with Crippen molar-refractivity contribution in [2.45, 2.75) is 26.8 Å². The van der Waals surface area contributed by atoms with Gasteiger partial charge in [0.1, 0.15) is 0 Å². The van der Waals surface area contributed by atoms with Gasteiger partial charge in [0.15, 0.2) is 5.69 Å². The molecule has 0 aliphatic carbocycles. The summed E-state index contributed by atoms with van der Waals surface area (Å²) in [6, 6.07) is 5.97. The van der Waals surface area contributed by atoms with Crippen LogP contribution in [0.15, 0.2) is 24.4 Å². The lowest BCUT2D eigenvalue weighted by molar-refractivity contribution is 0.102. The lowest BCUT2D eigenvalue weighted by Crippen LogP contribution is -2.15. The van der Waals surface area contributed by atoms with Gasteiger partial charge in [-0.05, 0) is 24.5 Å². The third-order valence-corrected chi connectivity index (χ3v) is 3.11. The molecule has 0 saturated heterocycles. The monoisotopic (exact) mass is 273 g/mol. The average molecular weight is 273 g/mol. The summed E-state index contributed by atoms with van der Waals surface area (Å²) in [4.78, 5) is 12.2. The van der Waals surface area contributed by atoms with E-state index in [1.807, 2.05) is 25.1 Å². The Balaban J connectivity index is 2.19. The average Bonchev–Trinajstić information content (AvgIpc) is 2.90. The van der Waals surface area contributed by atoms with Gasteiger partial charge >= 0.3 is 0 Å². The Morgan fingerprint density at radius 1 is 1.45 bits per heavy atom. The number of aryl methyl sites for hydroxylation is 2. The van der Waals surface area contributed by atoms with Crippen molar-refractivity contribution in [3.63, 3.8) is 0 Å². The maximum Gasteiger partial charge on any atom is 0.277 e. The summed E-state index contributed by atoms with van der Waals surface area (Å²) in [5.41, 5.74) is 8.73. The van der Waals surface area contributed by atoms with Gasteiger partial charge in [0.05, 0.1) is 12.7 Å². The highest BCUT2D eigenvalue weighted by Gasteiger charge is 2.13. The summed E-state index contributed by atoms with van der Waals surface area (Å²) >= 11 is 0. The molecule has 3 N–H and O–H groups in total.